The van der Waals surface area contributed by atoms with Crippen molar-refractivity contribution in [1.29, 1.82) is 0 Å². The smallest absolute Gasteiger partial charge is 0.0406 e. The maximum Gasteiger partial charge on any atom is 0.0406 e. The number of allylic oxidation sites excluding steroid dienone is 1. The summed E-state index contributed by atoms with van der Waals surface area (Å²) in [6, 6.07) is 8.45. The molecule has 0 bridgehead atoms. The van der Waals surface area contributed by atoms with Crippen molar-refractivity contribution >= 4 is 17.2 Å². The third-order valence-electron chi connectivity index (χ3n) is 4.84. The van der Waals surface area contributed by atoms with Crippen molar-refractivity contribution in [1.82, 2.24) is 10.2 Å². The summed E-state index contributed by atoms with van der Waals surface area (Å²) in [6.07, 6.45) is 7.88. The fourth-order valence-corrected chi connectivity index (χ4v) is 3.70. The lowest BCUT2D eigenvalue weighted by atomic mass is 9.89. The van der Waals surface area contributed by atoms with Gasteiger partial charge in [0.05, 0.1) is 0 Å². The second-order valence-electron chi connectivity index (χ2n) is 6.45. The summed E-state index contributed by atoms with van der Waals surface area (Å²) in [5, 5.41) is 5.30. The molecule has 0 N–H and O–H groups in total. The molecule has 2 nitrogen and oxygen atoms in total. The van der Waals surface area contributed by atoms with Gasteiger partial charge in [-0.3, -0.25) is 4.90 Å². The van der Waals surface area contributed by atoms with Crippen LogP contribution in [0.1, 0.15) is 44.1 Å². The Morgan fingerprint density at radius 3 is 2.32 bits per heavy atom. The van der Waals surface area contributed by atoms with Crippen LogP contribution in [0.3, 0.4) is 0 Å². The highest BCUT2D eigenvalue weighted by atomic mass is 35.5. The quantitative estimate of drug-likeness (QED) is 0.809. The number of piperazine rings is 1. The summed E-state index contributed by atoms with van der Waals surface area (Å²) in [5.41, 5.74) is 4.62. The molecule has 119 valence electrons. The van der Waals surface area contributed by atoms with Gasteiger partial charge in [-0.25, -0.2) is 5.32 Å². The van der Waals surface area contributed by atoms with Gasteiger partial charge < -0.3 is 0 Å². The van der Waals surface area contributed by atoms with E-state index < -0.39 is 0 Å². The van der Waals surface area contributed by atoms with Gasteiger partial charge in [-0.05, 0) is 49.0 Å². The zero-order valence-electron chi connectivity index (χ0n) is 13.4. The molecule has 0 amide bonds. The van der Waals surface area contributed by atoms with Crippen LogP contribution in [0.25, 0.3) is 5.57 Å². The van der Waals surface area contributed by atoms with Crippen molar-refractivity contribution in [2.75, 3.05) is 32.7 Å². The minimum absolute atomic E-state index is 0.828. The van der Waals surface area contributed by atoms with Crippen molar-refractivity contribution in [2.45, 2.75) is 38.5 Å². The molecular weight excluding hydrogens is 292 g/mol. The molecule has 1 aliphatic carbocycles. The number of rotatable bonds is 3. The van der Waals surface area contributed by atoms with Crippen molar-refractivity contribution < 1.29 is 0 Å². The molecule has 0 aromatic heterocycles. The van der Waals surface area contributed by atoms with Gasteiger partial charge in [-0.2, -0.15) is 0 Å². The van der Waals surface area contributed by atoms with E-state index in [1.807, 2.05) is 12.1 Å². The fraction of sp³-hybridized carbons (Fsp3) is 0.579. The Morgan fingerprint density at radius 1 is 0.909 bits per heavy atom. The van der Waals surface area contributed by atoms with Crippen LogP contribution in [0.4, 0.5) is 0 Å². The first-order valence-corrected chi connectivity index (χ1v) is 9.03. The molecule has 1 saturated heterocycles. The van der Waals surface area contributed by atoms with Gasteiger partial charge >= 0.3 is 0 Å². The van der Waals surface area contributed by atoms with Crippen LogP contribution in [-0.2, 0) is 0 Å². The molecule has 1 heterocycles. The van der Waals surface area contributed by atoms with Crippen LogP contribution in [0.5, 0.6) is 0 Å². The van der Waals surface area contributed by atoms with E-state index in [4.69, 9.17) is 11.6 Å². The summed E-state index contributed by atoms with van der Waals surface area (Å²) in [7, 11) is 0. The Labute approximate surface area is 139 Å². The maximum absolute atomic E-state index is 6.07. The lowest BCUT2D eigenvalue weighted by Gasteiger charge is -2.29. The number of hydrogen-bond acceptors (Lipinski definition) is 1. The summed E-state index contributed by atoms with van der Waals surface area (Å²) in [5.74, 6) is 0. The zero-order chi connectivity index (χ0) is 15.2. The van der Waals surface area contributed by atoms with Gasteiger partial charge in [0.2, 0.25) is 0 Å². The lowest BCUT2D eigenvalue weighted by Crippen LogP contribution is -2.41. The van der Waals surface area contributed by atoms with Crippen molar-refractivity contribution in [3.8, 4) is 0 Å². The summed E-state index contributed by atoms with van der Waals surface area (Å²) >= 11 is 6.07. The van der Waals surface area contributed by atoms with E-state index in [-0.39, 0.29) is 0 Å². The molecule has 0 saturated carbocycles. The summed E-state index contributed by atoms with van der Waals surface area (Å²) < 4.78 is 0. The Hall–Kier alpha value is -0.830. The normalized spacial score (nSPS) is 21.5. The van der Waals surface area contributed by atoms with E-state index in [9.17, 15) is 0 Å². The fourth-order valence-electron chi connectivity index (χ4n) is 3.57. The molecule has 0 spiro atoms. The Balaban J connectivity index is 1.85. The second kappa shape index (κ2) is 8.14. The Morgan fingerprint density at radius 2 is 1.59 bits per heavy atom. The van der Waals surface area contributed by atoms with E-state index in [0.717, 1.165) is 37.7 Å². The molecule has 1 aromatic rings. The minimum atomic E-state index is 0.828. The molecule has 3 heteroatoms. The van der Waals surface area contributed by atoms with Crippen molar-refractivity contribution in [3.63, 3.8) is 0 Å². The minimum Gasteiger partial charge on any atom is -0.297 e. The highest BCUT2D eigenvalue weighted by molar-refractivity contribution is 6.30. The molecule has 1 radical (unpaired) electrons. The molecule has 2 aliphatic rings. The molecule has 1 fully saturated rings. The van der Waals surface area contributed by atoms with Gasteiger partial charge in [-0.1, -0.05) is 42.1 Å². The highest BCUT2D eigenvalue weighted by Crippen LogP contribution is 2.31. The van der Waals surface area contributed by atoms with Gasteiger partial charge in [-0.15, -0.1) is 0 Å². The third kappa shape index (κ3) is 4.34. The molecule has 1 aromatic carbocycles. The maximum atomic E-state index is 6.07. The average molecular weight is 318 g/mol. The van der Waals surface area contributed by atoms with E-state index in [2.05, 4.69) is 22.3 Å². The van der Waals surface area contributed by atoms with Crippen LogP contribution in [0.15, 0.2) is 29.8 Å². The van der Waals surface area contributed by atoms with E-state index >= 15 is 0 Å². The van der Waals surface area contributed by atoms with E-state index in [0.29, 0.717) is 0 Å². The summed E-state index contributed by atoms with van der Waals surface area (Å²) in [6.45, 7) is 5.38. The van der Waals surface area contributed by atoms with Gasteiger partial charge in [0.15, 0.2) is 0 Å². The van der Waals surface area contributed by atoms with Crippen LogP contribution in [0, 0.1) is 0 Å². The van der Waals surface area contributed by atoms with E-state index in [1.165, 1.54) is 44.1 Å². The predicted octanol–water partition coefficient (Wildman–Crippen LogP) is 4.37. The Bertz CT molecular complexity index is 501. The Kier molecular flexibility index (Phi) is 5.94. The number of nitrogens with zero attached hydrogens (tertiary/aromatic N) is 2. The zero-order valence-corrected chi connectivity index (χ0v) is 14.1. The van der Waals surface area contributed by atoms with Crippen LogP contribution in [0.2, 0.25) is 5.02 Å². The number of halogens is 1. The molecular formula is C19H26ClN2. The topological polar surface area (TPSA) is 17.3 Å². The first-order chi connectivity index (χ1) is 10.8. The molecule has 22 heavy (non-hydrogen) atoms. The first-order valence-electron chi connectivity index (χ1n) is 8.65. The predicted molar refractivity (Wildman–Crippen MR) is 94.4 cm³/mol. The van der Waals surface area contributed by atoms with Crippen LogP contribution in [-0.4, -0.2) is 37.6 Å². The van der Waals surface area contributed by atoms with Gasteiger partial charge in [0.25, 0.3) is 0 Å². The highest BCUT2D eigenvalue weighted by Gasteiger charge is 2.17. The van der Waals surface area contributed by atoms with Gasteiger partial charge in [0, 0.05) is 37.7 Å². The molecule has 0 unspecified atom stereocenters. The van der Waals surface area contributed by atoms with Crippen molar-refractivity contribution in [3.05, 3.63) is 40.4 Å². The number of benzene rings is 1. The standard InChI is InChI=1S/C19H26ClN2/c20-18-9-7-16(8-10-18)19-6-4-2-1-3-5-17(19)15-22-13-11-21-12-14-22/h7-10H,1-6,11-15H2. The monoisotopic (exact) mass is 317 g/mol. The van der Waals surface area contributed by atoms with Crippen LogP contribution < -0.4 is 5.32 Å². The second-order valence-corrected chi connectivity index (χ2v) is 6.89. The lowest BCUT2D eigenvalue weighted by molar-refractivity contribution is 0.254. The molecule has 1 aliphatic heterocycles. The molecule has 0 atom stereocenters. The number of hydrogen-bond donors (Lipinski definition) is 0. The van der Waals surface area contributed by atoms with E-state index in [1.54, 1.807) is 11.1 Å². The summed E-state index contributed by atoms with van der Waals surface area (Å²) in [4.78, 5) is 2.58. The van der Waals surface area contributed by atoms with Crippen molar-refractivity contribution in [2.24, 2.45) is 0 Å². The van der Waals surface area contributed by atoms with Gasteiger partial charge in [0.1, 0.15) is 0 Å². The largest absolute Gasteiger partial charge is 0.297 e. The third-order valence-corrected chi connectivity index (χ3v) is 5.09. The first kappa shape index (κ1) is 16.0. The molecule has 3 rings (SSSR count). The van der Waals surface area contributed by atoms with Crippen LogP contribution >= 0.6 is 11.6 Å². The average Bonchev–Trinajstić information content (AvgIpc) is 2.53. The SMILES string of the molecule is Clc1ccc(C2=C(CN3CC[N]CC3)CCCCCC2)cc1.